The number of piperidine rings is 1. The SMILES string of the molecule is Br.CC1CCN(Cc2cc([N+](=O)[O-])cc3[nH]c(=O)c(=O)[nH]c23)CC1. The van der Waals surface area contributed by atoms with Crippen LogP contribution in [-0.4, -0.2) is 32.9 Å². The number of hydrogen-bond acceptors (Lipinski definition) is 5. The minimum absolute atomic E-state index is 0. The Bertz CT molecular complexity index is 868. The highest BCUT2D eigenvalue weighted by Gasteiger charge is 2.19. The number of aromatic amines is 2. The van der Waals surface area contributed by atoms with Crippen molar-refractivity contribution in [3.63, 3.8) is 0 Å². The lowest BCUT2D eigenvalue weighted by atomic mass is 9.98. The molecule has 2 aromatic rings. The van der Waals surface area contributed by atoms with Crippen molar-refractivity contribution in [2.24, 2.45) is 5.92 Å². The Labute approximate surface area is 147 Å². The number of halogens is 1. The zero-order valence-electron chi connectivity index (χ0n) is 13.2. The number of fused-ring (bicyclic) bond motifs is 1. The fourth-order valence-electron chi connectivity index (χ4n) is 2.97. The van der Waals surface area contributed by atoms with Crippen LogP contribution in [-0.2, 0) is 6.54 Å². The highest BCUT2D eigenvalue weighted by atomic mass is 79.9. The summed E-state index contributed by atoms with van der Waals surface area (Å²) in [6.45, 7) is 4.55. The van der Waals surface area contributed by atoms with Crippen LogP contribution >= 0.6 is 17.0 Å². The van der Waals surface area contributed by atoms with Crippen molar-refractivity contribution in [1.82, 2.24) is 14.9 Å². The first-order chi connectivity index (χ1) is 10.9. The van der Waals surface area contributed by atoms with E-state index in [1.165, 1.54) is 12.1 Å². The molecule has 3 rings (SSSR count). The molecular formula is C15H19BrN4O4. The maximum Gasteiger partial charge on any atom is 0.314 e. The van der Waals surface area contributed by atoms with E-state index >= 15 is 0 Å². The van der Waals surface area contributed by atoms with Gasteiger partial charge >= 0.3 is 11.1 Å². The Hall–Kier alpha value is -2.00. The molecular weight excluding hydrogens is 380 g/mol. The molecule has 130 valence electrons. The second-order valence-electron chi connectivity index (χ2n) is 6.15. The summed E-state index contributed by atoms with van der Waals surface area (Å²) < 4.78 is 0. The van der Waals surface area contributed by atoms with Crippen molar-refractivity contribution in [3.8, 4) is 0 Å². The van der Waals surface area contributed by atoms with Gasteiger partial charge in [-0.1, -0.05) is 6.92 Å². The average Bonchev–Trinajstić information content (AvgIpc) is 2.51. The molecule has 0 spiro atoms. The first kappa shape index (κ1) is 18.3. The third-order valence-electron chi connectivity index (χ3n) is 4.38. The highest BCUT2D eigenvalue weighted by molar-refractivity contribution is 8.93. The van der Waals surface area contributed by atoms with Crippen LogP contribution in [0.1, 0.15) is 25.3 Å². The molecule has 0 bridgehead atoms. The summed E-state index contributed by atoms with van der Waals surface area (Å²) in [5.74, 6) is 0.685. The number of nitro groups is 1. The Morgan fingerprint density at radius 3 is 2.46 bits per heavy atom. The van der Waals surface area contributed by atoms with Gasteiger partial charge in [0.1, 0.15) is 0 Å². The summed E-state index contributed by atoms with van der Waals surface area (Å²) >= 11 is 0. The highest BCUT2D eigenvalue weighted by Crippen LogP contribution is 2.24. The van der Waals surface area contributed by atoms with Crippen molar-refractivity contribution in [2.45, 2.75) is 26.3 Å². The van der Waals surface area contributed by atoms with E-state index < -0.39 is 16.0 Å². The van der Waals surface area contributed by atoms with Gasteiger partial charge in [-0.25, -0.2) is 0 Å². The van der Waals surface area contributed by atoms with E-state index in [-0.39, 0.29) is 28.2 Å². The Kier molecular flexibility index (Phi) is 5.55. The molecule has 1 aliphatic rings. The number of benzene rings is 1. The number of nitro benzene ring substituents is 1. The molecule has 0 saturated carbocycles. The lowest BCUT2D eigenvalue weighted by molar-refractivity contribution is -0.384. The second-order valence-corrected chi connectivity index (χ2v) is 6.15. The molecule has 0 amide bonds. The first-order valence-corrected chi connectivity index (χ1v) is 7.60. The molecule has 1 saturated heterocycles. The zero-order valence-corrected chi connectivity index (χ0v) is 14.9. The number of H-pyrrole nitrogens is 2. The Morgan fingerprint density at radius 2 is 1.83 bits per heavy atom. The third kappa shape index (κ3) is 3.73. The standard InChI is InChI=1S/C15H18N4O4.BrH/c1-9-2-4-18(5-3-9)8-10-6-11(19(22)23)7-12-13(10)17-15(21)14(20)16-12;/h6-7,9H,2-5,8H2,1H3,(H,16,20)(H,17,21);1H. The van der Waals surface area contributed by atoms with Gasteiger partial charge in [0.2, 0.25) is 0 Å². The van der Waals surface area contributed by atoms with Gasteiger partial charge in [-0.2, -0.15) is 0 Å². The summed E-state index contributed by atoms with van der Waals surface area (Å²) in [5, 5.41) is 11.1. The number of non-ortho nitro benzene ring substituents is 1. The molecule has 0 aliphatic carbocycles. The molecule has 8 nitrogen and oxygen atoms in total. The van der Waals surface area contributed by atoms with Crippen molar-refractivity contribution >= 4 is 33.7 Å². The van der Waals surface area contributed by atoms with E-state index in [0.717, 1.165) is 25.9 Å². The summed E-state index contributed by atoms with van der Waals surface area (Å²) in [7, 11) is 0. The smallest absolute Gasteiger partial charge is 0.314 e. The molecule has 1 fully saturated rings. The molecule has 2 N–H and O–H groups in total. The molecule has 1 aromatic carbocycles. The fourth-order valence-corrected chi connectivity index (χ4v) is 2.97. The van der Waals surface area contributed by atoms with Crippen LogP contribution in [0.3, 0.4) is 0 Å². The number of likely N-dealkylation sites (tertiary alicyclic amines) is 1. The van der Waals surface area contributed by atoms with Crippen LogP contribution in [0.25, 0.3) is 11.0 Å². The van der Waals surface area contributed by atoms with Crippen LogP contribution in [0.15, 0.2) is 21.7 Å². The van der Waals surface area contributed by atoms with Gasteiger partial charge in [0.15, 0.2) is 0 Å². The lowest BCUT2D eigenvalue weighted by Gasteiger charge is -2.30. The van der Waals surface area contributed by atoms with Gasteiger partial charge in [-0.05, 0) is 37.4 Å². The van der Waals surface area contributed by atoms with Crippen LogP contribution in [0.2, 0.25) is 0 Å². The summed E-state index contributed by atoms with van der Waals surface area (Å²) in [4.78, 5) is 40.8. The van der Waals surface area contributed by atoms with Crippen molar-refractivity contribution in [1.29, 1.82) is 0 Å². The number of hydrogen-bond donors (Lipinski definition) is 2. The number of rotatable bonds is 3. The van der Waals surface area contributed by atoms with Crippen LogP contribution in [0, 0.1) is 16.0 Å². The van der Waals surface area contributed by atoms with E-state index in [4.69, 9.17) is 0 Å². The molecule has 24 heavy (non-hydrogen) atoms. The Morgan fingerprint density at radius 1 is 1.21 bits per heavy atom. The van der Waals surface area contributed by atoms with Gasteiger partial charge < -0.3 is 9.97 Å². The lowest BCUT2D eigenvalue weighted by Crippen LogP contribution is -2.33. The molecule has 1 aliphatic heterocycles. The van der Waals surface area contributed by atoms with Gasteiger partial charge in [-0.3, -0.25) is 24.6 Å². The first-order valence-electron chi connectivity index (χ1n) is 7.60. The van der Waals surface area contributed by atoms with Crippen molar-refractivity contribution < 1.29 is 4.92 Å². The topological polar surface area (TPSA) is 112 Å². The maximum atomic E-state index is 11.6. The van der Waals surface area contributed by atoms with Gasteiger partial charge in [-0.15, -0.1) is 17.0 Å². The zero-order chi connectivity index (χ0) is 16.6. The van der Waals surface area contributed by atoms with E-state index in [9.17, 15) is 19.7 Å². The summed E-state index contributed by atoms with van der Waals surface area (Å²) in [6.07, 6.45) is 2.17. The molecule has 0 unspecified atom stereocenters. The van der Waals surface area contributed by atoms with Crippen molar-refractivity contribution in [2.75, 3.05) is 13.1 Å². The molecule has 0 atom stereocenters. The van der Waals surface area contributed by atoms with E-state index in [0.29, 0.717) is 23.5 Å². The quantitative estimate of drug-likeness (QED) is 0.465. The Balaban J connectivity index is 0.00000208. The van der Waals surface area contributed by atoms with Crippen molar-refractivity contribution in [3.05, 3.63) is 48.5 Å². The third-order valence-corrected chi connectivity index (χ3v) is 4.38. The predicted octanol–water partition coefficient (Wildman–Crippen LogP) is 1.93. The van der Waals surface area contributed by atoms with Crippen LogP contribution in [0.4, 0.5) is 5.69 Å². The monoisotopic (exact) mass is 398 g/mol. The number of nitrogens with zero attached hydrogens (tertiary/aromatic N) is 2. The van der Waals surface area contributed by atoms with Gasteiger partial charge in [0.05, 0.1) is 16.0 Å². The van der Waals surface area contributed by atoms with Gasteiger partial charge in [0, 0.05) is 18.7 Å². The second kappa shape index (κ2) is 7.27. The molecule has 2 heterocycles. The average molecular weight is 399 g/mol. The van der Waals surface area contributed by atoms with Gasteiger partial charge in [0.25, 0.3) is 5.69 Å². The number of aromatic nitrogens is 2. The maximum absolute atomic E-state index is 11.6. The normalized spacial score (nSPS) is 16.0. The van der Waals surface area contributed by atoms with E-state index in [1.54, 1.807) is 0 Å². The molecule has 9 heteroatoms. The predicted molar refractivity (Wildman–Crippen MR) is 95.8 cm³/mol. The van der Waals surface area contributed by atoms with E-state index in [1.807, 2.05) is 0 Å². The fraction of sp³-hybridized carbons (Fsp3) is 0.467. The van der Waals surface area contributed by atoms with E-state index in [2.05, 4.69) is 21.8 Å². The summed E-state index contributed by atoms with van der Waals surface area (Å²) in [6, 6.07) is 2.74. The van der Waals surface area contributed by atoms with Crippen LogP contribution in [0.5, 0.6) is 0 Å². The minimum atomic E-state index is -0.809. The molecule has 0 radical (unpaired) electrons. The summed E-state index contributed by atoms with van der Waals surface area (Å²) in [5.41, 5.74) is -0.267. The number of nitrogens with one attached hydrogen (secondary N) is 2. The minimum Gasteiger partial charge on any atom is -0.316 e. The van der Waals surface area contributed by atoms with Crippen LogP contribution < -0.4 is 11.1 Å². The molecule has 1 aromatic heterocycles. The largest absolute Gasteiger partial charge is 0.316 e.